The minimum atomic E-state index is -1.60. The summed E-state index contributed by atoms with van der Waals surface area (Å²) in [6.45, 7) is 11.7. The highest BCUT2D eigenvalue weighted by atomic mass is 35.5. The lowest BCUT2D eigenvalue weighted by Crippen LogP contribution is -2.52. The number of amides is 2. The standard InChI is InChI=1S/C18H23ClFN5O2.C11H21FN2O2/c1-17(2,3)27-16(26)25-8-4-5-18(20,11-25)10-23-15-14-12(9-13(19)24-15)21-6-7-22-14;1-10(2,3)16-9(15)14-6-4-5-11(12,7-13)8-14/h6-7,9H,4-5,8,10-11H2,1-3H3,(H,23,24);4-8,13H2,1-3H3. The van der Waals surface area contributed by atoms with Gasteiger partial charge in [0, 0.05) is 38.1 Å². The van der Waals surface area contributed by atoms with Crippen LogP contribution in [0.25, 0.3) is 11.0 Å². The number of pyridine rings is 1. The summed E-state index contributed by atoms with van der Waals surface area (Å²) in [5, 5.41) is 3.24. The van der Waals surface area contributed by atoms with Crippen molar-refractivity contribution in [3.8, 4) is 0 Å². The number of aromatic nitrogens is 3. The Bertz CT molecular complexity index is 1280. The molecule has 43 heavy (non-hydrogen) atoms. The maximum absolute atomic E-state index is 15.4. The third-order valence-corrected chi connectivity index (χ3v) is 6.91. The molecule has 2 saturated heterocycles. The number of likely N-dealkylation sites (tertiary alicyclic amines) is 2. The fraction of sp³-hybridized carbons (Fsp3) is 0.690. The van der Waals surface area contributed by atoms with Crippen LogP contribution in [-0.4, -0.2) is 98.7 Å². The molecule has 0 bridgehead atoms. The first kappa shape index (κ1) is 34.4. The van der Waals surface area contributed by atoms with Gasteiger partial charge in [-0.1, -0.05) is 11.6 Å². The Morgan fingerprint density at radius 1 is 0.953 bits per heavy atom. The van der Waals surface area contributed by atoms with E-state index in [0.29, 0.717) is 55.6 Å². The van der Waals surface area contributed by atoms with Crippen molar-refractivity contribution in [1.82, 2.24) is 24.8 Å². The molecule has 2 amide bonds. The van der Waals surface area contributed by atoms with Crippen LogP contribution in [0, 0.1) is 0 Å². The average molecular weight is 628 g/mol. The van der Waals surface area contributed by atoms with E-state index in [1.807, 2.05) is 0 Å². The molecule has 11 nitrogen and oxygen atoms in total. The number of fused-ring (bicyclic) bond motifs is 1. The third kappa shape index (κ3) is 10.6. The number of carbonyl (C=O) groups excluding carboxylic acids is 2. The van der Waals surface area contributed by atoms with E-state index >= 15 is 4.39 Å². The number of ether oxygens (including phenoxy) is 2. The van der Waals surface area contributed by atoms with Gasteiger partial charge in [0.25, 0.3) is 0 Å². The molecule has 240 valence electrons. The van der Waals surface area contributed by atoms with Gasteiger partial charge < -0.3 is 30.3 Å². The van der Waals surface area contributed by atoms with Crippen LogP contribution in [-0.2, 0) is 9.47 Å². The first-order valence-corrected chi connectivity index (χ1v) is 14.8. The second-order valence-corrected chi connectivity index (χ2v) is 13.5. The normalized spacial score (nSPS) is 22.8. The fourth-order valence-corrected chi connectivity index (χ4v) is 4.94. The number of halogens is 3. The van der Waals surface area contributed by atoms with E-state index in [1.165, 1.54) is 9.80 Å². The van der Waals surface area contributed by atoms with Crippen molar-refractivity contribution in [2.45, 2.75) is 89.8 Å². The first-order valence-electron chi connectivity index (χ1n) is 14.5. The number of carbonyl (C=O) groups is 2. The predicted octanol–water partition coefficient (Wildman–Crippen LogP) is 5.51. The molecule has 2 unspecified atom stereocenters. The average Bonchev–Trinajstić information content (AvgIpc) is 2.90. The van der Waals surface area contributed by atoms with Crippen LogP contribution >= 0.6 is 11.6 Å². The Hall–Kier alpha value is -3.06. The number of nitrogens with one attached hydrogen (secondary N) is 1. The Labute approximate surface area is 256 Å². The molecule has 0 radical (unpaired) electrons. The number of anilines is 1. The lowest BCUT2D eigenvalue weighted by Gasteiger charge is -2.38. The van der Waals surface area contributed by atoms with Crippen LogP contribution in [0.1, 0.15) is 67.2 Å². The van der Waals surface area contributed by atoms with Crippen molar-refractivity contribution in [3.63, 3.8) is 0 Å². The maximum atomic E-state index is 15.4. The quantitative estimate of drug-likeness (QED) is 0.420. The van der Waals surface area contributed by atoms with Crippen LogP contribution in [0.2, 0.25) is 5.15 Å². The minimum absolute atomic E-state index is 0.0225. The lowest BCUT2D eigenvalue weighted by molar-refractivity contribution is -0.00316. The van der Waals surface area contributed by atoms with Crippen LogP contribution < -0.4 is 11.1 Å². The summed E-state index contributed by atoms with van der Waals surface area (Å²) >= 11 is 6.02. The van der Waals surface area contributed by atoms with Gasteiger partial charge in [-0.15, -0.1) is 0 Å². The number of hydrogen-bond acceptors (Lipinski definition) is 9. The Balaban J connectivity index is 0.000000271. The topological polar surface area (TPSA) is 136 Å². The molecule has 0 spiro atoms. The Morgan fingerprint density at radius 2 is 1.47 bits per heavy atom. The number of rotatable bonds is 4. The van der Waals surface area contributed by atoms with Crippen LogP contribution in [0.3, 0.4) is 0 Å². The fourth-order valence-electron chi connectivity index (χ4n) is 4.76. The Kier molecular flexibility index (Phi) is 11.0. The number of nitrogens with two attached hydrogens (primary N) is 1. The molecule has 2 aromatic rings. The van der Waals surface area contributed by atoms with E-state index in [1.54, 1.807) is 60.0 Å². The lowest BCUT2D eigenvalue weighted by atomic mass is 9.95. The van der Waals surface area contributed by atoms with E-state index in [-0.39, 0.29) is 31.3 Å². The Morgan fingerprint density at radius 3 is 2.00 bits per heavy atom. The van der Waals surface area contributed by atoms with Gasteiger partial charge in [0.05, 0.1) is 25.2 Å². The zero-order valence-corrected chi connectivity index (χ0v) is 26.6. The van der Waals surface area contributed by atoms with Crippen molar-refractivity contribution < 1.29 is 27.8 Å². The summed E-state index contributed by atoms with van der Waals surface area (Å²) in [5.74, 6) is 0.372. The largest absolute Gasteiger partial charge is 0.444 e. The molecule has 4 heterocycles. The minimum Gasteiger partial charge on any atom is -0.444 e. The van der Waals surface area contributed by atoms with Crippen molar-refractivity contribution in [2.75, 3.05) is 44.6 Å². The van der Waals surface area contributed by atoms with Gasteiger partial charge >= 0.3 is 12.2 Å². The molecular weight excluding hydrogens is 584 g/mol. The van der Waals surface area contributed by atoms with Crippen molar-refractivity contribution >= 4 is 40.6 Å². The van der Waals surface area contributed by atoms with E-state index in [4.69, 9.17) is 26.8 Å². The zero-order chi connectivity index (χ0) is 32.1. The van der Waals surface area contributed by atoms with E-state index in [9.17, 15) is 14.0 Å². The molecule has 0 aliphatic carbocycles. The molecule has 3 N–H and O–H groups in total. The van der Waals surface area contributed by atoms with Gasteiger partial charge in [0.2, 0.25) is 0 Å². The van der Waals surface area contributed by atoms with Crippen LogP contribution in [0.4, 0.5) is 24.2 Å². The maximum Gasteiger partial charge on any atom is 0.410 e. The van der Waals surface area contributed by atoms with E-state index in [2.05, 4.69) is 20.3 Å². The van der Waals surface area contributed by atoms with Crippen molar-refractivity contribution in [3.05, 3.63) is 23.6 Å². The SMILES string of the molecule is CC(C)(C)OC(=O)N1CCCC(F)(CN)C1.CC(C)(C)OC(=O)N1CCCC(F)(CNc2nc(Cl)cc3nccnc23)C1. The molecule has 2 aromatic heterocycles. The van der Waals surface area contributed by atoms with Crippen molar-refractivity contribution in [1.29, 1.82) is 0 Å². The molecule has 2 atom stereocenters. The molecule has 14 heteroatoms. The summed E-state index contributed by atoms with van der Waals surface area (Å²) in [6.07, 6.45) is 4.09. The summed E-state index contributed by atoms with van der Waals surface area (Å²) in [4.78, 5) is 39.4. The second-order valence-electron chi connectivity index (χ2n) is 13.1. The second kappa shape index (κ2) is 13.7. The molecular formula is C29H44ClF2N7O4. The number of alkyl halides is 2. The molecule has 2 aliphatic rings. The van der Waals surface area contributed by atoms with Crippen molar-refractivity contribution in [2.24, 2.45) is 5.73 Å². The van der Waals surface area contributed by atoms with E-state index in [0.717, 1.165) is 0 Å². The smallest absolute Gasteiger partial charge is 0.410 e. The molecule has 0 aromatic carbocycles. The van der Waals surface area contributed by atoms with Gasteiger partial charge in [-0.2, -0.15) is 0 Å². The highest BCUT2D eigenvalue weighted by Crippen LogP contribution is 2.29. The molecule has 2 aliphatic heterocycles. The number of piperidine rings is 2. The van der Waals surface area contributed by atoms with E-state index < -0.39 is 34.7 Å². The summed E-state index contributed by atoms with van der Waals surface area (Å²) in [5.41, 5.74) is 2.25. The number of nitrogens with zero attached hydrogens (tertiary/aromatic N) is 5. The monoisotopic (exact) mass is 627 g/mol. The highest BCUT2D eigenvalue weighted by molar-refractivity contribution is 6.30. The first-order chi connectivity index (χ1) is 19.9. The zero-order valence-electron chi connectivity index (χ0n) is 25.9. The summed E-state index contributed by atoms with van der Waals surface area (Å²) < 4.78 is 39.9. The summed E-state index contributed by atoms with van der Waals surface area (Å²) in [6, 6.07) is 1.60. The van der Waals surface area contributed by atoms with Gasteiger partial charge in [-0.05, 0) is 67.2 Å². The predicted molar refractivity (Wildman–Crippen MR) is 162 cm³/mol. The van der Waals surface area contributed by atoms with Crippen LogP contribution in [0.15, 0.2) is 18.5 Å². The number of hydrogen-bond donors (Lipinski definition) is 2. The third-order valence-electron chi connectivity index (χ3n) is 6.72. The van der Waals surface area contributed by atoms with Gasteiger partial charge in [0.1, 0.15) is 33.2 Å². The molecule has 4 rings (SSSR count). The van der Waals surface area contributed by atoms with Gasteiger partial charge in [0.15, 0.2) is 5.82 Å². The molecule has 2 fully saturated rings. The highest BCUT2D eigenvalue weighted by Gasteiger charge is 2.39. The van der Waals surface area contributed by atoms with Gasteiger partial charge in [-0.25, -0.2) is 28.3 Å². The van der Waals surface area contributed by atoms with Crippen LogP contribution in [0.5, 0.6) is 0 Å². The van der Waals surface area contributed by atoms with Gasteiger partial charge in [-0.3, -0.25) is 4.98 Å². The molecule has 0 saturated carbocycles. The summed E-state index contributed by atoms with van der Waals surface area (Å²) in [7, 11) is 0.